The summed E-state index contributed by atoms with van der Waals surface area (Å²) in [7, 11) is 2.18. The average Bonchev–Trinajstić information content (AvgIpc) is 2.90. The first kappa shape index (κ1) is 12.9. The number of halogens is 1. The molecule has 1 aromatic carbocycles. The van der Waals surface area contributed by atoms with E-state index in [4.69, 9.17) is 0 Å². The van der Waals surface area contributed by atoms with Gasteiger partial charge in [-0.1, -0.05) is 28.1 Å². The predicted molar refractivity (Wildman–Crippen MR) is 83.5 cm³/mol. The molecule has 1 saturated heterocycles. The van der Waals surface area contributed by atoms with Gasteiger partial charge in [0.1, 0.15) is 5.84 Å². The maximum Gasteiger partial charge on any atom is 0.124 e. The van der Waals surface area contributed by atoms with Gasteiger partial charge < -0.3 is 9.80 Å². The normalized spacial score (nSPS) is 20.4. The standard InChI is InChI=1S/C15H18BrN3/c1-18-6-8-19(9-7-18)15-10-13(11-17-15)12-2-4-14(16)5-3-12/h2-5,10H,6-9,11H2,1H3. The van der Waals surface area contributed by atoms with Crippen molar-refractivity contribution < 1.29 is 0 Å². The molecule has 19 heavy (non-hydrogen) atoms. The van der Waals surface area contributed by atoms with Crippen molar-refractivity contribution in [2.45, 2.75) is 0 Å². The Kier molecular flexibility index (Phi) is 3.71. The van der Waals surface area contributed by atoms with Gasteiger partial charge in [0, 0.05) is 30.7 Å². The van der Waals surface area contributed by atoms with Gasteiger partial charge in [0.05, 0.1) is 6.54 Å². The molecule has 100 valence electrons. The minimum Gasteiger partial charge on any atom is -0.354 e. The molecule has 1 aromatic rings. The van der Waals surface area contributed by atoms with Crippen LogP contribution in [0.1, 0.15) is 5.56 Å². The Balaban J connectivity index is 1.71. The van der Waals surface area contributed by atoms with Crippen LogP contribution in [0.3, 0.4) is 0 Å². The Morgan fingerprint density at radius 2 is 1.74 bits per heavy atom. The summed E-state index contributed by atoms with van der Waals surface area (Å²) in [6.07, 6.45) is 2.24. The van der Waals surface area contributed by atoms with Crippen molar-refractivity contribution in [3.8, 4) is 0 Å². The SMILES string of the molecule is CN1CCN(C2=NCC(c3ccc(Br)cc3)=C2)CC1. The van der Waals surface area contributed by atoms with E-state index in [1.165, 1.54) is 11.1 Å². The van der Waals surface area contributed by atoms with Crippen molar-refractivity contribution in [2.24, 2.45) is 4.99 Å². The van der Waals surface area contributed by atoms with E-state index in [0.717, 1.165) is 43.0 Å². The lowest BCUT2D eigenvalue weighted by Gasteiger charge is -2.33. The zero-order valence-electron chi connectivity index (χ0n) is 11.1. The predicted octanol–water partition coefficient (Wildman–Crippen LogP) is 2.49. The van der Waals surface area contributed by atoms with E-state index in [2.05, 4.69) is 68.1 Å². The van der Waals surface area contributed by atoms with Crippen LogP contribution in [-0.2, 0) is 0 Å². The van der Waals surface area contributed by atoms with Crippen LogP contribution in [0.4, 0.5) is 0 Å². The summed E-state index contributed by atoms with van der Waals surface area (Å²) in [5.74, 6) is 1.16. The van der Waals surface area contributed by atoms with Crippen molar-refractivity contribution >= 4 is 27.3 Å². The number of amidine groups is 1. The van der Waals surface area contributed by atoms with Crippen LogP contribution in [0.5, 0.6) is 0 Å². The number of hydrogen-bond donors (Lipinski definition) is 0. The zero-order chi connectivity index (χ0) is 13.2. The fourth-order valence-corrected chi connectivity index (χ4v) is 2.74. The lowest BCUT2D eigenvalue weighted by atomic mass is 10.1. The lowest BCUT2D eigenvalue weighted by Crippen LogP contribution is -2.46. The molecule has 0 N–H and O–H groups in total. The van der Waals surface area contributed by atoms with Gasteiger partial charge >= 0.3 is 0 Å². The Hall–Kier alpha value is -1.13. The van der Waals surface area contributed by atoms with Gasteiger partial charge in [-0.25, -0.2) is 0 Å². The second kappa shape index (κ2) is 5.47. The van der Waals surface area contributed by atoms with E-state index < -0.39 is 0 Å². The summed E-state index contributed by atoms with van der Waals surface area (Å²) in [5.41, 5.74) is 2.59. The van der Waals surface area contributed by atoms with E-state index in [1.807, 2.05) is 0 Å². The number of aliphatic imine (C=N–C) groups is 1. The molecule has 2 aliphatic rings. The highest BCUT2D eigenvalue weighted by molar-refractivity contribution is 9.10. The fraction of sp³-hybridized carbons (Fsp3) is 0.400. The van der Waals surface area contributed by atoms with E-state index in [0.29, 0.717) is 0 Å². The Bertz CT molecular complexity index is 511. The van der Waals surface area contributed by atoms with Crippen LogP contribution in [-0.4, -0.2) is 55.4 Å². The van der Waals surface area contributed by atoms with Crippen LogP contribution >= 0.6 is 15.9 Å². The van der Waals surface area contributed by atoms with E-state index in [1.54, 1.807) is 0 Å². The molecule has 0 radical (unpaired) electrons. The topological polar surface area (TPSA) is 18.8 Å². The molecule has 3 rings (SSSR count). The molecule has 4 heteroatoms. The van der Waals surface area contributed by atoms with Gasteiger partial charge in [-0.15, -0.1) is 0 Å². The second-order valence-electron chi connectivity index (χ2n) is 5.14. The molecular formula is C15H18BrN3. The number of likely N-dealkylation sites (N-methyl/N-ethyl adjacent to an activating group) is 1. The van der Waals surface area contributed by atoms with Gasteiger partial charge in [-0.3, -0.25) is 4.99 Å². The highest BCUT2D eigenvalue weighted by Gasteiger charge is 2.19. The number of nitrogens with zero attached hydrogens (tertiary/aromatic N) is 3. The van der Waals surface area contributed by atoms with Crippen LogP contribution in [0, 0.1) is 0 Å². The summed E-state index contributed by atoms with van der Waals surface area (Å²) < 4.78 is 1.12. The van der Waals surface area contributed by atoms with E-state index in [-0.39, 0.29) is 0 Å². The number of hydrogen-bond acceptors (Lipinski definition) is 3. The summed E-state index contributed by atoms with van der Waals surface area (Å²) in [5, 5.41) is 0. The van der Waals surface area contributed by atoms with Crippen molar-refractivity contribution in [1.82, 2.24) is 9.80 Å². The van der Waals surface area contributed by atoms with Gasteiger partial charge in [0.15, 0.2) is 0 Å². The molecule has 0 unspecified atom stereocenters. The monoisotopic (exact) mass is 319 g/mol. The van der Waals surface area contributed by atoms with Gasteiger partial charge in [-0.05, 0) is 36.4 Å². The first-order chi connectivity index (χ1) is 9.22. The summed E-state index contributed by atoms with van der Waals surface area (Å²) in [6, 6.07) is 8.48. The molecule has 1 fully saturated rings. The largest absolute Gasteiger partial charge is 0.354 e. The van der Waals surface area contributed by atoms with Crippen molar-refractivity contribution in [1.29, 1.82) is 0 Å². The first-order valence-corrected chi connectivity index (χ1v) is 7.46. The third-order valence-corrected chi connectivity index (χ3v) is 4.29. The molecule has 3 nitrogen and oxygen atoms in total. The summed E-state index contributed by atoms with van der Waals surface area (Å²) >= 11 is 3.47. The fourth-order valence-electron chi connectivity index (χ4n) is 2.48. The van der Waals surface area contributed by atoms with Gasteiger partial charge in [0.25, 0.3) is 0 Å². The number of piperazine rings is 1. The van der Waals surface area contributed by atoms with Gasteiger partial charge in [0.2, 0.25) is 0 Å². The van der Waals surface area contributed by atoms with Crippen LogP contribution in [0.25, 0.3) is 5.57 Å². The van der Waals surface area contributed by atoms with Crippen molar-refractivity contribution in [3.63, 3.8) is 0 Å². The molecule has 0 amide bonds. The molecule has 0 bridgehead atoms. The quantitative estimate of drug-likeness (QED) is 0.792. The number of rotatable bonds is 1. The van der Waals surface area contributed by atoms with E-state index >= 15 is 0 Å². The van der Waals surface area contributed by atoms with Crippen molar-refractivity contribution in [2.75, 3.05) is 39.8 Å². The average molecular weight is 320 g/mol. The van der Waals surface area contributed by atoms with Crippen LogP contribution < -0.4 is 0 Å². The molecule has 0 atom stereocenters. The Labute approximate surface area is 122 Å². The Morgan fingerprint density at radius 1 is 1.05 bits per heavy atom. The summed E-state index contributed by atoms with van der Waals surface area (Å²) in [6.45, 7) is 5.23. The Morgan fingerprint density at radius 3 is 2.42 bits per heavy atom. The molecule has 0 aromatic heterocycles. The molecule has 2 aliphatic heterocycles. The molecule has 2 heterocycles. The van der Waals surface area contributed by atoms with Crippen molar-refractivity contribution in [3.05, 3.63) is 40.4 Å². The number of benzene rings is 1. The maximum atomic E-state index is 4.68. The lowest BCUT2D eigenvalue weighted by molar-refractivity contribution is 0.216. The van der Waals surface area contributed by atoms with Crippen LogP contribution in [0.15, 0.2) is 39.8 Å². The van der Waals surface area contributed by atoms with Crippen LogP contribution in [0.2, 0.25) is 0 Å². The van der Waals surface area contributed by atoms with E-state index in [9.17, 15) is 0 Å². The maximum absolute atomic E-state index is 4.68. The minimum atomic E-state index is 0.809. The molecule has 0 aliphatic carbocycles. The highest BCUT2D eigenvalue weighted by atomic mass is 79.9. The summed E-state index contributed by atoms with van der Waals surface area (Å²) in [4.78, 5) is 9.45. The first-order valence-electron chi connectivity index (χ1n) is 6.67. The zero-order valence-corrected chi connectivity index (χ0v) is 12.7. The smallest absolute Gasteiger partial charge is 0.124 e. The molecule has 0 saturated carbocycles. The highest BCUT2D eigenvalue weighted by Crippen LogP contribution is 2.22. The third-order valence-electron chi connectivity index (χ3n) is 3.76. The van der Waals surface area contributed by atoms with Gasteiger partial charge in [-0.2, -0.15) is 0 Å². The second-order valence-corrected chi connectivity index (χ2v) is 6.06. The minimum absolute atomic E-state index is 0.809. The molecular weight excluding hydrogens is 302 g/mol. The molecule has 0 spiro atoms. The third kappa shape index (κ3) is 2.90.